The number of rotatable bonds is 3. The molecule has 1 aromatic heterocycles. The molecule has 2 aromatic rings. The van der Waals surface area contributed by atoms with Crippen molar-refractivity contribution in [1.82, 2.24) is 0 Å². The van der Waals surface area contributed by atoms with Crippen LogP contribution in [0.3, 0.4) is 0 Å². The van der Waals surface area contributed by atoms with Crippen molar-refractivity contribution in [1.29, 1.82) is 0 Å². The summed E-state index contributed by atoms with van der Waals surface area (Å²) in [6.45, 7) is 2.61. The maximum absolute atomic E-state index is 5.79. The van der Waals surface area contributed by atoms with Crippen molar-refractivity contribution in [3.05, 3.63) is 32.4 Å². The molecule has 4 heteroatoms. The molecule has 0 fully saturated rings. The summed E-state index contributed by atoms with van der Waals surface area (Å²) in [6, 6.07) is 4.08. The molecule has 0 bridgehead atoms. The molecule has 0 spiro atoms. The molecular formula is C12H13Br2NO. The van der Waals surface area contributed by atoms with Gasteiger partial charge in [-0.15, -0.1) is 0 Å². The molecule has 0 aliphatic carbocycles. The zero-order chi connectivity index (χ0) is 11.7. The normalized spacial score (nSPS) is 11.2. The Bertz CT molecular complexity index is 519. The fourth-order valence-corrected chi connectivity index (χ4v) is 3.22. The Morgan fingerprint density at radius 1 is 1.31 bits per heavy atom. The molecule has 0 saturated heterocycles. The van der Waals surface area contributed by atoms with Crippen LogP contribution in [-0.4, -0.2) is 0 Å². The van der Waals surface area contributed by atoms with E-state index in [2.05, 4.69) is 44.8 Å². The molecular weight excluding hydrogens is 334 g/mol. The average Bonchev–Trinajstić information content (AvgIpc) is 2.58. The second-order valence-corrected chi connectivity index (χ2v) is 5.49. The van der Waals surface area contributed by atoms with Crippen LogP contribution in [0.15, 0.2) is 25.5 Å². The molecule has 1 aromatic carbocycles. The lowest BCUT2D eigenvalue weighted by atomic mass is 10.1. The predicted octanol–water partition coefficient (Wildman–Crippen LogP) is 4.37. The molecule has 0 aliphatic heterocycles. The van der Waals surface area contributed by atoms with Gasteiger partial charge in [-0.25, -0.2) is 0 Å². The Morgan fingerprint density at radius 3 is 2.69 bits per heavy atom. The molecule has 2 nitrogen and oxygen atoms in total. The first-order valence-electron chi connectivity index (χ1n) is 5.26. The van der Waals surface area contributed by atoms with Crippen molar-refractivity contribution in [2.75, 3.05) is 0 Å². The van der Waals surface area contributed by atoms with Crippen molar-refractivity contribution in [2.24, 2.45) is 5.73 Å². The van der Waals surface area contributed by atoms with Crippen LogP contribution in [-0.2, 0) is 13.0 Å². The van der Waals surface area contributed by atoms with Gasteiger partial charge in [0.15, 0.2) is 0 Å². The standard InChI is InChI=1S/C12H13Br2NO/c1-2-3-8-9-4-7(13)5-10(14)12(9)16-11(8)6-15/h4-5H,2-3,6,15H2,1H3. The molecule has 86 valence electrons. The van der Waals surface area contributed by atoms with Gasteiger partial charge in [-0.2, -0.15) is 0 Å². The number of halogens is 2. The lowest BCUT2D eigenvalue weighted by Gasteiger charge is -1.98. The summed E-state index contributed by atoms with van der Waals surface area (Å²) in [5.74, 6) is 0.899. The number of hydrogen-bond donors (Lipinski definition) is 1. The maximum Gasteiger partial charge on any atom is 0.148 e. The van der Waals surface area contributed by atoms with Crippen LogP contribution in [0.2, 0.25) is 0 Å². The monoisotopic (exact) mass is 345 g/mol. The van der Waals surface area contributed by atoms with Gasteiger partial charge in [-0.3, -0.25) is 0 Å². The smallest absolute Gasteiger partial charge is 0.148 e. The summed E-state index contributed by atoms with van der Waals surface area (Å²) in [7, 11) is 0. The summed E-state index contributed by atoms with van der Waals surface area (Å²) < 4.78 is 7.81. The van der Waals surface area contributed by atoms with E-state index in [9.17, 15) is 0 Å². The van der Waals surface area contributed by atoms with Crippen LogP contribution in [0.25, 0.3) is 11.0 Å². The van der Waals surface area contributed by atoms with Gasteiger partial charge in [0.05, 0.1) is 11.0 Å². The molecule has 0 unspecified atom stereocenters. The van der Waals surface area contributed by atoms with Gasteiger partial charge < -0.3 is 10.2 Å². The summed E-state index contributed by atoms with van der Waals surface area (Å²) >= 11 is 7.01. The van der Waals surface area contributed by atoms with Crippen LogP contribution < -0.4 is 5.73 Å². The fraction of sp³-hybridized carbons (Fsp3) is 0.333. The van der Waals surface area contributed by atoms with Gasteiger partial charge in [0.2, 0.25) is 0 Å². The third-order valence-electron chi connectivity index (χ3n) is 2.58. The van der Waals surface area contributed by atoms with Crippen molar-refractivity contribution < 1.29 is 4.42 Å². The van der Waals surface area contributed by atoms with E-state index in [0.717, 1.165) is 38.5 Å². The van der Waals surface area contributed by atoms with Crippen LogP contribution in [0.4, 0.5) is 0 Å². The number of furan rings is 1. The highest BCUT2D eigenvalue weighted by molar-refractivity contribution is 9.11. The van der Waals surface area contributed by atoms with E-state index in [-0.39, 0.29) is 0 Å². The van der Waals surface area contributed by atoms with E-state index in [1.165, 1.54) is 5.56 Å². The van der Waals surface area contributed by atoms with E-state index in [4.69, 9.17) is 10.2 Å². The maximum atomic E-state index is 5.79. The second-order valence-electron chi connectivity index (χ2n) is 3.72. The highest BCUT2D eigenvalue weighted by Gasteiger charge is 2.15. The van der Waals surface area contributed by atoms with Crippen LogP contribution in [0.5, 0.6) is 0 Å². The summed E-state index contributed by atoms with van der Waals surface area (Å²) in [6.07, 6.45) is 2.09. The van der Waals surface area contributed by atoms with Gasteiger partial charge >= 0.3 is 0 Å². The van der Waals surface area contributed by atoms with Gasteiger partial charge in [0, 0.05) is 15.4 Å². The molecule has 2 rings (SSSR count). The number of benzene rings is 1. The van der Waals surface area contributed by atoms with E-state index in [0.29, 0.717) is 6.54 Å². The van der Waals surface area contributed by atoms with Crippen LogP contribution in [0, 0.1) is 0 Å². The predicted molar refractivity (Wildman–Crippen MR) is 73.5 cm³/mol. The average molecular weight is 347 g/mol. The molecule has 2 N–H and O–H groups in total. The Hall–Kier alpha value is -0.320. The third-order valence-corrected chi connectivity index (χ3v) is 3.63. The molecule has 16 heavy (non-hydrogen) atoms. The minimum absolute atomic E-state index is 0.452. The minimum atomic E-state index is 0.452. The first kappa shape index (κ1) is 12.1. The first-order valence-corrected chi connectivity index (χ1v) is 6.85. The molecule has 0 aliphatic rings. The topological polar surface area (TPSA) is 39.2 Å². The van der Waals surface area contributed by atoms with Gasteiger partial charge in [-0.05, 0) is 34.5 Å². The highest BCUT2D eigenvalue weighted by atomic mass is 79.9. The molecule has 0 amide bonds. The summed E-state index contributed by atoms with van der Waals surface area (Å²) in [5, 5.41) is 1.16. The van der Waals surface area contributed by atoms with Crippen molar-refractivity contribution >= 4 is 42.8 Å². The lowest BCUT2D eigenvalue weighted by molar-refractivity contribution is 0.543. The number of hydrogen-bond acceptors (Lipinski definition) is 2. The number of fused-ring (bicyclic) bond motifs is 1. The zero-order valence-corrected chi connectivity index (χ0v) is 12.2. The number of nitrogens with two attached hydrogens (primary N) is 1. The van der Waals surface area contributed by atoms with Crippen LogP contribution >= 0.6 is 31.9 Å². The Kier molecular flexibility index (Phi) is 3.72. The third kappa shape index (κ3) is 2.06. The highest BCUT2D eigenvalue weighted by Crippen LogP contribution is 2.34. The van der Waals surface area contributed by atoms with E-state index in [1.807, 2.05) is 6.07 Å². The van der Waals surface area contributed by atoms with E-state index in [1.54, 1.807) is 0 Å². The van der Waals surface area contributed by atoms with Crippen molar-refractivity contribution in [2.45, 2.75) is 26.3 Å². The lowest BCUT2D eigenvalue weighted by Crippen LogP contribution is -1.98. The van der Waals surface area contributed by atoms with Crippen LogP contribution in [0.1, 0.15) is 24.7 Å². The fourth-order valence-electron chi connectivity index (χ4n) is 1.91. The zero-order valence-electron chi connectivity index (χ0n) is 9.02. The van der Waals surface area contributed by atoms with E-state index < -0.39 is 0 Å². The van der Waals surface area contributed by atoms with Gasteiger partial charge in [-0.1, -0.05) is 29.3 Å². The van der Waals surface area contributed by atoms with Crippen molar-refractivity contribution in [3.63, 3.8) is 0 Å². The minimum Gasteiger partial charge on any atom is -0.458 e. The molecule has 0 radical (unpaired) electrons. The van der Waals surface area contributed by atoms with Gasteiger partial charge in [0.25, 0.3) is 0 Å². The quantitative estimate of drug-likeness (QED) is 0.896. The molecule has 1 heterocycles. The number of aryl methyl sites for hydroxylation is 1. The SMILES string of the molecule is CCCc1c(CN)oc2c(Br)cc(Br)cc12. The Balaban J connectivity index is 2.73. The first-order chi connectivity index (χ1) is 7.67. The van der Waals surface area contributed by atoms with Gasteiger partial charge in [0.1, 0.15) is 11.3 Å². The van der Waals surface area contributed by atoms with E-state index >= 15 is 0 Å². The largest absolute Gasteiger partial charge is 0.458 e. The second kappa shape index (κ2) is 4.90. The summed E-state index contributed by atoms with van der Waals surface area (Å²) in [4.78, 5) is 0. The Labute approximate surface area is 111 Å². The Morgan fingerprint density at radius 2 is 2.06 bits per heavy atom. The molecule has 0 atom stereocenters. The van der Waals surface area contributed by atoms with Crippen molar-refractivity contribution in [3.8, 4) is 0 Å². The summed E-state index contributed by atoms with van der Waals surface area (Å²) in [5.41, 5.74) is 7.85. The molecule has 0 saturated carbocycles.